The molecule has 0 spiro atoms. The maximum Gasteiger partial charge on any atom is 0.338 e. The lowest BCUT2D eigenvalue weighted by Crippen LogP contribution is -2.29. The van der Waals surface area contributed by atoms with Crippen LogP contribution < -0.4 is 0 Å². The van der Waals surface area contributed by atoms with Gasteiger partial charge in [-0.3, -0.25) is 10.1 Å². The van der Waals surface area contributed by atoms with Gasteiger partial charge in [0, 0.05) is 23.1 Å². The zero-order valence-corrected chi connectivity index (χ0v) is 16.5. The average Bonchev–Trinajstić information content (AvgIpc) is 2.74. The van der Waals surface area contributed by atoms with E-state index in [1.165, 1.54) is 24.3 Å². The molecule has 4 rings (SSSR count). The Hall–Kier alpha value is -2.92. The van der Waals surface area contributed by atoms with Crippen LogP contribution in [-0.2, 0) is 4.74 Å². The van der Waals surface area contributed by atoms with E-state index in [-0.39, 0.29) is 17.7 Å². The van der Waals surface area contributed by atoms with E-state index in [1.54, 1.807) is 0 Å². The zero-order chi connectivity index (χ0) is 20.4. The molecular formula is C23H20ClNO4. The van der Waals surface area contributed by atoms with Crippen LogP contribution in [0, 0.1) is 10.1 Å². The molecule has 1 fully saturated rings. The summed E-state index contributed by atoms with van der Waals surface area (Å²) in [6.45, 7) is 0. The van der Waals surface area contributed by atoms with Gasteiger partial charge in [-0.15, -0.1) is 0 Å². The second kappa shape index (κ2) is 8.21. The first-order valence-corrected chi connectivity index (χ1v) is 10.0. The molecule has 29 heavy (non-hydrogen) atoms. The van der Waals surface area contributed by atoms with Gasteiger partial charge in [0.15, 0.2) is 0 Å². The summed E-state index contributed by atoms with van der Waals surface area (Å²) in [6.07, 6.45) is 3.41. The molecule has 0 saturated heterocycles. The number of benzene rings is 3. The SMILES string of the molecule is O=C(O[C@@H]1CCCC[C@@H]1c1c(Cl)ccc2ccccc12)c1ccc([N+](=O)[O-])cc1. The fraction of sp³-hybridized carbons (Fsp3) is 0.261. The average molecular weight is 410 g/mol. The lowest BCUT2D eigenvalue weighted by molar-refractivity contribution is -0.384. The Morgan fingerprint density at radius 1 is 1.00 bits per heavy atom. The van der Waals surface area contributed by atoms with E-state index >= 15 is 0 Å². The molecule has 1 saturated carbocycles. The van der Waals surface area contributed by atoms with Gasteiger partial charge in [0.25, 0.3) is 5.69 Å². The predicted octanol–water partition coefficient (Wildman–Crippen LogP) is 6.28. The minimum Gasteiger partial charge on any atom is -0.458 e. The Kier molecular flexibility index (Phi) is 5.49. The van der Waals surface area contributed by atoms with Crippen LogP contribution in [0.15, 0.2) is 60.7 Å². The van der Waals surface area contributed by atoms with Crippen molar-refractivity contribution in [1.29, 1.82) is 0 Å². The molecule has 0 aromatic heterocycles. The Bertz CT molecular complexity index is 1060. The van der Waals surface area contributed by atoms with Gasteiger partial charge in [0.1, 0.15) is 6.10 Å². The van der Waals surface area contributed by atoms with E-state index < -0.39 is 10.9 Å². The molecule has 1 aliphatic carbocycles. The molecule has 2 atom stereocenters. The highest BCUT2D eigenvalue weighted by molar-refractivity contribution is 6.32. The van der Waals surface area contributed by atoms with Crippen LogP contribution >= 0.6 is 11.6 Å². The number of carbonyl (C=O) groups is 1. The Morgan fingerprint density at radius 2 is 1.72 bits per heavy atom. The quantitative estimate of drug-likeness (QED) is 0.288. The second-order valence-corrected chi connectivity index (χ2v) is 7.73. The van der Waals surface area contributed by atoms with Crippen molar-refractivity contribution in [3.8, 4) is 0 Å². The van der Waals surface area contributed by atoms with Crippen LogP contribution in [0.4, 0.5) is 5.69 Å². The topological polar surface area (TPSA) is 69.4 Å². The maximum atomic E-state index is 12.7. The number of nitro groups is 1. The molecule has 0 N–H and O–H groups in total. The van der Waals surface area contributed by atoms with Gasteiger partial charge in [-0.25, -0.2) is 4.79 Å². The number of nitrogens with zero attached hydrogens (tertiary/aromatic N) is 1. The number of nitro benzene ring substituents is 1. The van der Waals surface area contributed by atoms with Crippen LogP contribution in [0.5, 0.6) is 0 Å². The summed E-state index contributed by atoms with van der Waals surface area (Å²) in [5, 5.41) is 13.7. The molecule has 6 heteroatoms. The van der Waals surface area contributed by atoms with Gasteiger partial charge in [-0.05, 0) is 53.8 Å². The minimum absolute atomic E-state index is 0.0179. The monoisotopic (exact) mass is 409 g/mol. The van der Waals surface area contributed by atoms with E-state index in [9.17, 15) is 14.9 Å². The Morgan fingerprint density at radius 3 is 2.48 bits per heavy atom. The number of fused-ring (bicyclic) bond motifs is 1. The molecule has 0 radical (unpaired) electrons. The highest BCUT2D eigenvalue weighted by Gasteiger charge is 2.32. The van der Waals surface area contributed by atoms with E-state index in [0.717, 1.165) is 42.0 Å². The van der Waals surface area contributed by atoms with Gasteiger partial charge in [-0.2, -0.15) is 0 Å². The lowest BCUT2D eigenvalue weighted by atomic mass is 9.79. The first-order chi connectivity index (χ1) is 14.0. The summed E-state index contributed by atoms with van der Waals surface area (Å²) in [6, 6.07) is 17.5. The summed E-state index contributed by atoms with van der Waals surface area (Å²) in [7, 11) is 0. The number of carbonyl (C=O) groups excluding carboxylic acids is 1. The molecule has 0 amide bonds. The van der Waals surface area contributed by atoms with Crippen molar-refractivity contribution in [3.63, 3.8) is 0 Å². The van der Waals surface area contributed by atoms with Crippen molar-refractivity contribution < 1.29 is 14.5 Å². The van der Waals surface area contributed by atoms with Gasteiger partial charge in [-0.1, -0.05) is 48.4 Å². The second-order valence-electron chi connectivity index (χ2n) is 7.32. The minimum atomic E-state index is -0.491. The highest BCUT2D eigenvalue weighted by atomic mass is 35.5. The van der Waals surface area contributed by atoms with Crippen molar-refractivity contribution in [2.24, 2.45) is 0 Å². The molecule has 0 unspecified atom stereocenters. The predicted molar refractivity (Wildman–Crippen MR) is 112 cm³/mol. The van der Waals surface area contributed by atoms with Crippen LogP contribution in [0.2, 0.25) is 5.02 Å². The molecule has 5 nitrogen and oxygen atoms in total. The Balaban J connectivity index is 1.62. The lowest BCUT2D eigenvalue weighted by Gasteiger charge is -2.32. The standard InChI is InChI=1S/C23H20ClNO4/c24-20-14-11-15-5-1-2-6-18(15)22(20)19-7-3-4-8-21(19)29-23(26)16-9-12-17(13-10-16)25(27)28/h1-2,5-6,9-14,19,21H,3-4,7-8H2/t19-,21+/m0/s1. The summed E-state index contributed by atoms with van der Waals surface area (Å²) in [4.78, 5) is 23.0. The van der Waals surface area contributed by atoms with E-state index in [4.69, 9.17) is 16.3 Å². The molecule has 0 bridgehead atoms. The highest BCUT2D eigenvalue weighted by Crippen LogP contribution is 2.42. The van der Waals surface area contributed by atoms with Gasteiger partial charge in [0.05, 0.1) is 10.5 Å². The number of rotatable bonds is 4. The number of esters is 1. The van der Waals surface area contributed by atoms with E-state index in [1.807, 2.05) is 24.3 Å². The first kappa shape index (κ1) is 19.4. The summed E-state index contributed by atoms with van der Waals surface area (Å²) in [5.74, 6) is -0.447. The van der Waals surface area contributed by atoms with Crippen molar-refractivity contribution in [2.45, 2.75) is 37.7 Å². The normalized spacial score (nSPS) is 19.1. The van der Waals surface area contributed by atoms with Crippen LogP contribution in [0.25, 0.3) is 10.8 Å². The van der Waals surface area contributed by atoms with Crippen LogP contribution in [0.1, 0.15) is 47.5 Å². The van der Waals surface area contributed by atoms with E-state index in [0.29, 0.717) is 10.6 Å². The van der Waals surface area contributed by atoms with Crippen molar-refractivity contribution in [3.05, 3.63) is 86.9 Å². The first-order valence-electron chi connectivity index (χ1n) is 9.67. The number of halogens is 1. The number of non-ortho nitro benzene ring substituents is 1. The molecule has 148 valence electrons. The van der Waals surface area contributed by atoms with Crippen molar-refractivity contribution >= 4 is 34.0 Å². The van der Waals surface area contributed by atoms with Crippen LogP contribution in [0.3, 0.4) is 0 Å². The van der Waals surface area contributed by atoms with Crippen molar-refractivity contribution in [1.82, 2.24) is 0 Å². The van der Waals surface area contributed by atoms with Gasteiger partial charge >= 0.3 is 5.97 Å². The fourth-order valence-corrected chi connectivity index (χ4v) is 4.44. The largest absolute Gasteiger partial charge is 0.458 e. The van der Waals surface area contributed by atoms with Crippen molar-refractivity contribution in [2.75, 3.05) is 0 Å². The third-order valence-electron chi connectivity index (χ3n) is 5.56. The summed E-state index contributed by atoms with van der Waals surface area (Å²) >= 11 is 6.60. The van der Waals surface area contributed by atoms with Gasteiger partial charge in [0.2, 0.25) is 0 Å². The molecular weight excluding hydrogens is 390 g/mol. The van der Waals surface area contributed by atoms with Crippen LogP contribution in [-0.4, -0.2) is 17.0 Å². The molecule has 0 aliphatic heterocycles. The number of hydrogen-bond acceptors (Lipinski definition) is 4. The fourth-order valence-electron chi connectivity index (χ4n) is 4.14. The molecule has 1 aliphatic rings. The molecule has 3 aromatic carbocycles. The molecule has 3 aromatic rings. The number of hydrogen-bond donors (Lipinski definition) is 0. The number of ether oxygens (including phenoxy) is 1. The Labute approximate surface area is 173 Å². The summed E-state index contributed by atoms with van der Waals surface area (Å²) in [5.41, 5.74) is 1.29. The maximum absolute atomic E-state index is 12.7. The van der Waals surface area contributed by atoms with E-state index in [2.05, 4.69) is 12.1 Å². The summed E-state index contributed by atoms with van der Waals surface area (Å²) < 4.78 is 5.88. The zero-order valence-electron chi connectivity index (χ0n) is 15.7. The third kappa shape index (κ3) is 3.96. The smallest absolute Gasteiger partial charge is 0.338 e. The van der Waals surface area contributed by atoms with Gasteiger partial charge < -0.3 is 4.74 Å². The molecule has 0 heterocycles. The third-order valence-corrected chi connectivity index (χ3v) is 5.89.